The van der Waals surface area contributed by atoms with Crippen LogP contribution in [0.2, 0.25) is 0 Å². The molecule has 0 aliphatic carbocycles. The lowest BCUT2D eigenvalue weighted by Crippen LogP contribution is -2.17. The van der Waals surface area contributed by atoms with Gasteiger partial charge < -0.3 is 0 Å². The van der Waals surface area contributed by atoms with E-state index < -0.39 is 0 Å². The molecule has 3 nitrogen and oxygen atoms in total. The molecule has 3 heteroatoms. The lowest BCUT2D eigenvalue weighted by atomic mass is 10.7. The number of aromatic nitrogens is 2. The highest BCUT2D eigenvalue weighted by Crippen LogP contribution is 1.88. The van der Waals surface area contributed by atoms with Crippen LogP contribution in [0, 0.1) is 0 Å². The monoisotopic (exact) mass is 147 g/mol. The summed E-state index contributed by atoms with van der Waals surface area (Å²) in [7, 11) is 0. The molecule has 0 radical (unpaired) electrons. The molecule has 0 aromatic carbocycles. The molecule has 11 heavy (non-hydrogen) atoms. The molecule has 0 saturated carbocycles. The van der Waals surface area contributed by atoms with E-state index >= 15 is 0 Å². The Balaban J connectivity index is 2.14. The van der Waals surface area contributed by atoms with Gasteiger partial charge in [-0.15, -0.1) is 0 Å². The SMILES string of the molecule is c1ccn(Nn2cccc2)c1. The summed E-state index contributed by atoms with van der Waals surface area (Å²) in [5, 5.41) is 0. The van der Waals surface area contributed by atoms with Gasteiger partial charge in [0.15, 0.2) is 0 Å². The number of nitrogens with one attached hydrogen (secondary N) is 1. The van der Waals surface area contributed by atoms with Crippen LogP contribution in [0.3, 0.4) is 0 Å². The number of hydrogen-bond donors (Lipinski definition) is 1. The van der Waals surface area contributed by atoms with Gasteiger partial charge in [-0.1, -0.05) is 0 Å². The average molecular weight is 147 g/mol. The fourth-order valence-corrected chi connectivity index (χ4v) is 0.936. The molecule has 0 atom stereocenters. The summed E-state index contributed by atoms with van der Waals surface area (Å²) in [5.41, 5.74) is 3.10. The molecular weight excluding hydrogens is 138 g/mol. The highest BCUT2D eigenvalue weighted by molar-refractivity contribution is 4.97. The first-order valence-electron chi connectivity index (χ1n) is 3.48. The second-order valence-electron chi connectivity index (χ2n) is 2.28. The van der Waals surface area contributed by atoms with Crippen LogP contribution in [-0.2, 0) is 0 Å². The second kappa shape index (κ2) is 2.54. The molecule has 2 heterocycles. The van der Waals surface area contributed by atoms with Crippen molar-refractivity contribution in [3.05, 3.63) is 49.1 Å². The van der Waals surface area contributed by atoms with Crippen LogP contribution < -0.4 is 5.53 Å². The first-order chi connectivity index (χ1) is 5.45. The summed E-state index contributed by atoms with van der Waals surface area (Å²) < 4.78 is 3.75. The third-order valence-electron chi connectivity index (χ3n) is 1.44. The molecule has 2 aromatic rings. The van der Waals surface area contributed by atoms with Gasteiger partial charge in [0, 0.05) is 24.8 Å². The van der Waals surface area contributed by atoms with Gasteiger partial charge in [0.25, 0.3) is 0 Å². The first-order valence-corrected chi connectivity index (χ1v) is 3.48. The quantitative estimate of drug-likeness (QED) is 0.679. The minimum Gasteiger partial charge on any atom is -0.256 e. The summed E-state index contributed by atoms with van der Waals surface area (Å²) in [5.74, 6) is 0. The zero-order valence-corrected chi connectivity index (χ0v) is 6.01. The molecule has 0 amide bonds. The summed E-state index contributed by atoms with van der Waals surface area (Å²) in [4.78, 5) is 0. The molecule has 0 saturated heterocycles. The van der Waals surface area contributed by atoms with Gasteiger partial charge in [0.05, 0.1) is 0 Å². The fraction of sp³-hybridized carbons (Fsp3) is 0. The van der Waals surface area contributed by atoms with Crippen LogP contribution in [0.15, 0.2) is 49.1 Å². The highest BCUT2D eigenvalue weighted by atomic mass is 15.6. The Morgan fingerprint density at radius 2 is 1.00 bits per heavy atom. The Bertz CT molecular complexity index is 262. The van der Waals surface area contributed by atoms with Gasteiger partial charge >= 0.3 is 0 Å². The smallest absolute Gasteiger partial charge is 0.0277 e. The molecule has 0 aliphatic heterocycles. The van der Waals surface area contributed by atoms with Gasteiger partial charge in [-0.2, -0.15) is 0 Å². The lowest BCUT2D eigenvalue weighted by Gasteiger charge is -2.06. The topological polar surface area (TPSA) is 21.9 Å². The van der Waals surface area contributed by atoms with Crippen molar-refractivity contribution >= 4 is 0 Å². The van der Waals surface area contributed by atoms with E-state index in [0.29, 0.717) is 0 Å². The number of nitrogens with zero attached hydrogens (tertiary/aromatic N) is 2. The van der Waals surface area contributed by atoms with Gasteiger partial charge in [-0.05, 0) is 24.3 Å². The molecule has 1 N–H and O–H groups in total. The lowest BCUT2D eigenvalue weighted by molar-refractivity contribution is 0.756. The van der Waals surface area contributed by atoms with Crippen LogP contribution in [0.4, 0.5) is 0 Å². The molecule has 56 valence electrons. The maximum Gasteiger partial charge on any atom is 0.0277 e. The van der Waals surface area contributed by atoms with E-state index in [4.69, 9.17) is 0 Å². The van der Waals surface area contributed by atoms with E-state index in [-0.39, 0.29) is 0 Å². The number of hydrogen-bond acceptors (Lipinski definition) is 1. The van der Waals surface area contributed by atoms with E-state index in [1.165, 1.54) is 0 Å². The zero-order valence-electron chi connectivity index (χ0n) is 6.01. The summed E-state index contributed by atoms with van der Waals surface area (Å²) in [6.07, 6.45) is 7.78. The molecule has 0 unspecified atom stereocenters. The summed E-state index contributed by atoms with van der Waals surface area (Å²) in [6.45, 7) is 0. The predicted octanol–water partition coefficient (Wildman–Crippen LogP) is 1.30. The first kappa shape index (κ1) is 6.09. The fourth-order valence-electron chi connectivity index (χ4n) is 0.936. The van der Waals surface area contributed by atoms with Crippen molar-refractivity contribution in [2.24, 2.45) is 0 Å². The van der Waals surface area contributed by atoms with Crippen molar-refractivity contribution in [2.75, 3.05) is 5.53 Å². The van der Waals surface area contributed by atoms with E-state index in [1.807, 2.05) is 58.4 Å². The van der Waals surface area contributed by atoms with Crippen molar-refractivity contribution < 1.29 is 0 Å². The Labute approximate surface area is 64.8 Å². The van der Waals surface area contributed by atoms with Crippen molar-refractivity contribution in [3.63, 3.8) is 0 Å². The largest absolute Gasteiger partial charge is 0.256 e. The van der Waals surface area contributed by atoms with Crippen LogP contribution in [0.1, 0.15) is 0 Å². The Morgan fingerprint density at radius 3 is 1.36 bits per heavy atom. The van der Waals surface area contributed by atoms with Gasteiger partial charge in [0.2, 0.25) is 0 Å². The summed E-state index contributed by atoms with van der Waals surface area (Å²) >= 11 is 0. The molecule has 0 aliphatic rings. The minimum absolute atomic E-state index is 1.88. The van der Waals surface area contributed by atoms with Gasteiger partial charge in [-0.25, -0.2) is 5.53 Å². The van der Waals surface area contributed by atoms with Crippen LogP contribution in [0.25, 0.3) is 0 Å². The molecular formula is C8H9N3. The van der Waals surface area contributed by atoms with Crippen molar-refractivity contribution in [2.45, 2.75) is 0 Å². The van der Waals surface area contributed by atoms with Crippen molar-refractivity contribution in [1.29, 1.82) is 0 Å². The molecule has 2 aromatic heterocycles. The molecule has 0 spiro atoms. The van der Waals surface area contributed by atoms with Crippen LogP contribution >= 0.6 is 0 Å². The third-order valence-corrected chi connectivity index (χ3v) is 1.44. The maximum absolute atomic E-state index is 3.10. The minimum atomic E-state index is 1.88. The van der Waals surface area contributed by atoms with E-state index in [0.717, 1.165) is 0 Å². The average Bonchev–Trinajstić information content (AvgIpc) is 2.60. The second-order valence-corrected chi connectivity index (χ2v) is 2.28. The third kappa shape index (κ3) is 1.26. The van der Waals surface area contributed by atoms with Gasteiger partial charge in [-0.3, -0.25) is 9.35 Å². The predicted molar refractivity (Wildman–Crippen MR) is 43.6 cm³/mol. The Morgan fingerprint density at radius 1 is 0.636 bits per heavy atom. The van der Waals surface area contributed by atoms with Crippen molar-refractivity contribution in [1.82, 2.24) is 9.35 Å². The standard InChI is InChI=1S/C8H9N3/c1-2-6-10(5-1)9-11-7-3-4-8-11/h1-9H. The van der Waals surface area contributed by atoms with Crippen LogP contribution in [-0.4, -0.2) is 9.35 Å². The molecule has 0 fully saturated rings. The molecule has 2 rings (SSSR count). The zero-order chi connectivity index (χ0) is 7.52. The molecule has 0 bridgehead atoms. The maximum atomic E-state index is 3.10. The Kier molecular flexibility index (Phi) is 1.41. The normalized spacial score (nSPS) is 9.82. The van der Waals surface area contributed by atoms with E-state index in [9.17, 15) is 0 Å². The van der Waals surface area contributed by atoms with Crippen LogP contribution in [0.5, 0.6) is 0 Å². The Hall–Kier alpha value is -1.64. The van der Waals surface area contributed by atoms with E-state index in [2.05, 4.69) is 5.53 Å². The number of rotatable bonds is 2. The summed E-state index contributed by atoms with van der Waals surface area (Å²) in [6, 6.07) is 7.88. The van der Waals surface area contributed by atoms with Gasteiger partial charge in [0.1, 0.15) is 0 Å². The van der Waals surface area contributed by atoms with Crippen molar-refractivity contribution in [3.8, 4) is 0 Å². The van der Waals surface area contributed by atoms with E-state index in [1.54, 1.807) is 0 Å². The highest BCUT2D eigenvalue weighted by Gasteiger charge is 1.84.